The number of aromatic nitrogens is 2. The second kappa shape index (κ2) is 9.71. The lowest BCUT2D eigenvalue weighted by Crippen LogP contribution is -2.34. The second-order valence-corrected chi connectivity index (χ2v) is 7.13. The number of methoxy groups -OCH3 is 1. The number of nitrogens with zero attached hydrogens (tertiary/aromatic N) is 3. The van der Waals surface area contributed by atoms with E-state index in [0.29, 0.717) is 35.3 Å². The standard InChI is InChI=1S/C19H21Cl2N3O4/c1-13-23-28-18(26)24(13)10-6-4-5-9-19(2,17(25)27-3)22-12-14-7-8-15(20)16(21)11-14/h4,6-8,11-12H,5,9-10H2,1-3H3. The highest BCUT2D eigenvalue weighted by Gasteiger charge is 2.32. The van der Waals surface area contributed by atoms with Crippen LogP contribution in [0.3, 0.4) is 0 Å². The van der Waals surface area contributed by atoms with Crippen LogP contribution in [0, 0.1) is 6.92 Å². The van der Waals surface area contributed by atoms with E-state index in [4.69, 9.17) is 27.9 Å². The summed E-state index contributed by atoms with van der Waals surface area (Å²) in [6, 6.07) is 5.09. The highest BCUT2D eigenvalue weighted by atomic mass is 35.5. The van der Waals surface area contributed by atoms with Gasteiger partial charge in [-0.15, -0.1) is 0 Å². The van der Waals surface area contributed by atoms with E-state index in [-0.39, 0.29) is 0 Å². The van der Waals surface area contributed by atoms with Crippen molar-refractivity contribution in [3.63, 3.8) is 0 Å². The van der Waals surface area contributed by atoms with Crippen molar-refractivity contribution >= 4 is 35.4 Å². The number of carbonyl (C=O) groups excluding carboxylic acids is 1. The lowest BCUT2D eigenvalue weighted by atomic mass is 9.96. The summed E-state index contributed by atoms with van der Waals surface area (Å²) in [6.45, 7) is 3.73. The zero-order valence-electron chi connectivity index (χ0n) is 15.8. The van der Waals surface area contributed by atoms with Gasteiger partial charge in [-0.3, -0.25) is 14.1 Å². The van der Waals surface area contributed by atoms with Crippen molar-refractivity contribution in [2.75, 3.05) is 7.11 Å². The van der Waals surface area contributed by atoms with E-state index in [1.807, 2.05) is 12.2 Å². The van der Waals surface area contributed by atoms with Crippen molar-refractivity contribution in [1.82, 2.24) is 9.72 Å². The Morgan fingerprint density at radius 3 is 2.71 bits per heavy atom. The van der Waals surface area contributed by atoms with Gasteiger partial charge in [0.15, 0.2) is 11.4 Å². The van der Waals surface area contributed by atoms with Gasteiger partial charge in [0.05, 0.1) is 17.2 Å². The Kier molecular flexibility index (Phi) is 7.60. The van der Waals surface area contributed by atoms with Crippen molar-refractivity contribution in [1.29, 1.82) is 0 Å². The first-order chi connectivity index (χ1) is 13.3. The molecule has 0 aliphatic heterocycles. The number of benzene rings is 1. The van der Waals surface area contributed by atoms with Gasteiger partial charge in [-0.05, 0) is 44.4 Å². The Bertz CT molecular complexity index is 949. The van der Waals surface area contributed by atoms with Crippen LogP contribution in [0.15, 0.2) is 44.7 Å². The van der Waals surface area contributed by atoms with Gasteiger partial charge in [0, 0.05) is 12.8 Å². The van der Waals surface area contributed by atoms with Gasteiger partial charge in [0.25, 0.3) is 0 Å². The first-order valence-electron chi connectivity index (χ1n) is 8.53. The number of rotatable bonds is 8. The molecule has 2 rings (SSSR count). The second-order valence-electron chi connectivity index (χ2n) is 6.31. The Morgan fingerprint density at radius 1 is 1.36 bits per heavy atom. The van der Waals surface area contributed by atoms with E-state index < -0.39 is 17.3 Å². The maximum absolute atomic E-state index is 12.2. The number of aliphatic imine (C=N–C) groups is 1. The van der Waals surface area contributed by atoms with E-state index in [2.05, 4.69) is 14.7 Å². The van der Waals surface area contributed by atoms with Crippen LogP contribution in [0.5, 0.6) is 0 Å². The monoisotopic (exact) mass is 425 g/mol. The molecule has 0 amide bonds. The number of allylic oxidation sites excluding steroid dienone is 2. The number of hydrogen-bond acceptors (Lipinski definition) is 6. The molecule has 1 heterocycles. The summed E-state index contributed by atoms with van der Waals surface area (Å²) in [5.74, 6) is -0.448. The Labute approximate surface area is 172 Å². The average Bonchev–Trinajstić information content (AvgIpc) is 2.99. The van der Waals surface area contributed by atoms with Crippen LogP contribution in [0.2, 0.25) is 10.0 Å². The summed E-state index contributed by atoms with van der Waals surface area (Å²) in [7, 11) is 1.33. The van der Waals surface area contributed by atoms with Gasteiger partial charge in [-0.2, -0.15) is 0 Å². The highest BCUT2D eigenvalue weighted by Crippen LogP contribution is 2.23. The molecular weight excluding hydrogens is 405 g/mol. The molecule has 0 aliphatic carbocycles. The van der Waals surface area contributed by atoms with Crippen molar-refractivity contribution in [2.24, 2.45) is 4.99 Å². The number of halogens is 2. The number of hydrogen-bond donors (Lipinski definition) is 0. The molecule has 0 N–H and O–H groups in total. The maximum atomic E-state index is 12.2. The van der Waals surface area contributed by atoms with Crippen molar-refractivity contribution in [3.8, 4) is 0 Å². The molecule has 28 heavy (non-hydrogen) atoms. The predicted octanol–water partition coefficient (Wildman–Crippen LogP) is 3.84. The third-order valence-electron chi connectivity index (χ3n) is 4.19. The first-order valence-corrected chi connectivity index (χ1v) is 9.29. The number of ether oxygens (including phenoxy) is 1. The molecule has 0 saturated heterocycles. The van der Waals surface area contributed by atoms with Gasteiger partial charge in [0.2, 0.25) is 0 Å². The van der Waals surface area contributed by atoms with Gasteiger partial charge < -0.3 is 4.74 Å². The van der Waals surface area contributed by atoms with Crippen LogP contribution in [0.25, 0.3) is 0 Å². The molecule has 150 valence electrons. The zero-order chi connectivity index (χ0) is 20.7. The minimum atomic E-state index is -1.06. The lowest BCUT2D eigenvalue weighted by Gasteiger charge is -2.21. The molecule has 0 aliphatic rings. The summed E-state index contributed by atoms with van der Waals surface area (Å²) in [4.78, 5) is 28.1. The van der Waals surface area contributed by atoms with Crippen molar-refractivity contribution < 1.29 is 14.1 Å². The minimum Gasteiger partial charge on any atom is -0.467 e. The average molecular weight is 426 g/mol. The first kappa shape index (κ1) is 21.9. The smallest absolute Gasteiger partial charge is 0.441 e. The molecule has 0 bridgehead atoms. The molecule has 0 fully saturated rings. The summed E-state index contributed by atoms with van der Waals surface area (Å²) >= 11 is 11.9. The van der Waals surface area contributed by atoms with E-state index in [1.54, 1.807) is 38.3 Å². The van der Waals surface area contributed by atoms with Crippen molar-refractivity contribution in [2.45, 2.75) is 38.8 Å². The molecule has 1 aromatic heterocycles. The Hall–Kier alpha value is -2.38. The van der Waals surface area contributed by atoms with Crippen LogP contribution >= 0.6 is 23.2 Å². The van der Waals surface area contributed by atoms with Crippen LogP contribution in [-0.2, 0) is 16.1 Å². The van der Waals surface area contributed by atoms with Crippen LogP contribution in [0.4, 0.5) is 0 Å². The Morgan fingerprint density at radius 2 is 2.11 bits per heavy atom. The molecule has 2 aromatic rings. The summed E-state index contributed by atoms with van der Waals surface area (Å²) in [5.41, 5.74) is -0.336. The maximum Gasteiger partial charge on any atom is 0.441 e. The molecule has 0 spiro atoms. The lowest BCUT2D eigenvalue weighted by molar-refractivity contribution is -0.146. The van der Waals surface area contributed by atoms with E-state index >= 15 is 0 Å². The molecule has 1 atom stereocenters. The highest BCUT2D eigenvalue weighted by molar-refractivity contribution is 6.42. The van der Waals surface area contributed by atoms with E-state index in [9.17, 15) is 9.59 Å². The summed E-state index contributed by atoms with van der Waals surface area (Å²) in [5, 5.41) is 4.45. The fourth-order valence-electron chi connectivity index (χ4n) is 2.45. The third-order valence-corrected chi connectivity index (χ3v) is 4.93. The Balaban J connectivity index is 2.04. The molecule has 1 unspecified atom stereocenters. The quantitative estimate of drug-likeness (QED) is 0.364. The molecule has 1 aromatic carbocycles. The van der Waals surface area contributed by atoms with Crippen LogP contribution in [-0.4, -0.2) is 34.6 Å². The molecule has 0 saturated carbocycles. The van der Waals surface area contributed by atoms with E-state index in [0.717, 1.165) is 5.56 Å². The van der Waals surface area contributed by atoms with Crippen LogP contribution < -0.4 is 5.76 Å². The fraction of sp³-hybridized carbons (Fsp3) is 0.368. The van der Waals surface area contributed by atoms with E-state index in [1.165, 1.54) is 11.7 Å². The summed E-state index contributed by atoms with van der Waals surface area (Å²) in [6.07, 6.45) is 6.23. The molecule has 9 heteroatoms. The molecule has 7 nitrogen and oxygen atoms in total. The third kappa shape index (κ3) is 5.56. The fourth-order valence-corrected chi connectivity index (χ4v) is 2.76. The van der Waals surface area contributed by atoms with Gasteiger partial charge in [-0.1, -0.05) is 46.6 Å². The zero-order valence-corrected chi connectivity index (χ0v) is 17.3. The number of aryl methyl sites for hydroxylation is 1. The number of esters is 1. The number of carbonyl (C=O) groups is 1. The summed E-state index contributed by atoms with van der Waals surface area (Å²) < 4.78 is 10.9. The van der Waals surface area contributed by atoms with Crippen LogP contribution in [0.1, 0.15) is 31.2 Å². The SMILES string of the molecule is COC(=O)C(C)(CCC=CCn1c(C)noc1=O)N=Cc1ccc(Cl)c(Cl)c1. The van der Waals surface area contributed by atoms with Gasteiger partial charge in [-0.25, -0.2) is 9.59 Å². The normalized spacial score (nSPS) is 13.9. The minimum absolute atomic E-state index is 0.343. The van der Waals surface area contributed by atoms with Gasteiger partial charge in [0.1, 0.15) is 0 Å². The largest absolute Gasteiger partial charge is 0.467 e. The van der Waals surface area contributed by atoms with Crippen molar-refractivity contribution in [3.05, 3.63) is 62.3 Å². The molecule has 0 radical (unpaired) electrons. The molecular formula is C19H21Cl2N3O4. The predicted molar refractivity (Wildman–Crippen MR) is 108 cm³/mol. The topological polar surface area (TPSA) is 86.7 Å². The van der Waals surface area contributed by atoms with Gasteiger partial charge >= 0.3 is 11.7 Å².